The van der Waals surface area contributed by atoms with Crippen molar-refractivity contribution < 1.29 is 24.0 Å². The van der Waals surface area contributed by atoms with E-state index >= 15 is 0 Å². The lowest BCUT2D eigenvalue weighted by molar-refractivity contribution is -0.136. The molecule has 14 nitrogen and oxygen atoms in total. The highest BCUT2D eigenvalue weighted by molar-refractivity contribution is 7.09. The van der Waals surface area contributed by atoms with Gasteiger partial charge in [0.25, 0.3) is 5.91 Å². The molecule has 4 N–H and O–H groups in total. The minimum atomic E-state index is -0.997. The Labute approximate surface area is 326 Å². The summed E-state index contributed by atoms with van der Waals surface area (Å²) in [6.07, 6.45) is 4.03. The van der Waals surface area contributed by atoms with Crippen LogP contribution >= 0.6 is 11.3 Å². The first-order chi connectivity index (χ1) is 26.2. The van der Waals surface area contributed by atoms with Crippen LogP contribution in [0.4, 0.5) is 0 Å². The number of amides is 5. The molecule has 0 aliphatic carbocycles. The molecule has 1 aliphatic rings. The standard InChI is InChI=1S/C40H51N9O5S/c1-24(2)34-38(53)43-28(6)40(54)47(7)16-17-48(21-30-19-25(3)18-26(4)35(30)49-15-11-14-41-49)22-33(50)44-31(20-29-12-9-8-10-13-29)39-45-32(23-55-39)37(52)42-27(5)36(51)46-34/h8-15,18-19,23-24,27-28,31,34H,16-17,20-22H2,1-7H3,(H,42,52)(H,43,53)(H,44,50)(H,46,51)/t27-,28+,31-,34-/m0/s1. The lowest BCUT2D eigenvalue weighted by Crippen LogP contribution is -2.57. The summed E-state index contributed by atoms with van der Waals surface area (Å²) in [7, 11) is 1.66. The SMILES string of the molecule is Cc1cc(C)c(-n2cccn2)c(CN2CCN(C)C(=O)[C@@H](C)NC(=O)[C@H](C(C)C)NC(=O)[C@H](C)NC(=O)c3csc(n3)[C@H](Cc3ccccc3)NC(=O)C2)c1. The number of hydrogen-bond donors (Lipinski definition) is 4. The number of nitrogens with one attached hydrogen (secondary N) is 4. The zero-order valence-corrected chi connectivity index (χ0v) is 33.3. The number of rotatable bonds is 6. The Balaban J connectivity index is 1.50. The van der Waals surface area contributed by atoms with Gasteiger partial charge >= 0.3 is 0 Å². The van der Waals surface area contributed by atoms with Crippen LogP contribution in [0, 0.1) is 19.8 Å². The van der Waals surface area contributed by atoms with Crippen molar-refractivity contribution in [3.05, 3.63) is 99.3 Å². The first-order valence-corrected chi connectivity index (χ1v) is 19.4. The number of likely N-dealkylation sites (N-methyl/N-ethyl adjacent to an activating group) is 1. The van der Waals surface area contributed by atoms with Gasteiger partial charge in [-0.1, -0.05) is 61.9 Å². The van der Waals surface area contributed by atoms with Crippen molar-refractivity contribution in [2.45, 2.75) is 78.7 Å². The van der Waals surface area contributed by atoms with E-state index in [-0.39, 0.29) is 36.5 Å². The van der Waals surface area contributed by atoms with Gasteiger partial charge in [-0.15, -0.1) is 11.3 Å². The molecule has 0 saturated heterocycles. The van der Waals surface area contributed by atoms with Crippen molar-refractivity contribution in [3.8, 4) is 5.69 Å². The van der Waals surface area contributed by atoms with E-state index < -0.39 is 41.9 Å². The summed E-state index contributed by atoms with van der Waals surface area (Å²) < 4.78 is 1.82. The Hall–Kier alpha value is -5.41. The third-order valence-corrected chi connectivity index (χ3v) is 10.5. The fourth-order valence-corrected chi connectivity index (χ4v) is 7.49. The van der Waals surface area contributed by atoms with E-state index in [1.807, 2.05) is 66.0 Å². The van der Waals surface area contributed by atoms with E-state index in [1.54, 1.807) is 39.4 Å². The van der Waals surface area contributed by atoms with Gasteiger partial charge in [0.15, 0.2) is 0 Å². The van der Waals surface area contributed by atoms with Crippen molar-refractivity contribution in [1.82, 2.24) is 45.8 Å². The monoisotopic (exact) mass is 769 g/mol. The van der Waals surface area contributed by atoms with Crippen LogP contribution in [0.2, 0.25) is 0 Å². The molecule has 0 unspecified atom stereocenters. The van der Waals surface area contributed by atoms with E-state index in [1.165, 1.54) is 23.2 Å². The van der Waals surface area contributed by atoms with Crippen LogP contribution in [0.3, 0.4) is 0 Å². The topological polar surface area (TPSA) is 171 Å². The second kappa shape index (κ2) is 18.3. The molecule has 0 fully saturated rings. The fourth-order valence-electron chi connectivity index (χ4n) is 6.64. The molecule has 0 saturated carbocycles. The number of aryl methyl sites for hydroxylation is 2. The van der Waals surface area contributed by atoms with Crippen LogP contribution in [0.25, 0.3) is 5.69 Å². The average molecular weight is 770 g/mol. The molecule has 292 valence electrons. The zero-order chi connectivity index (χ0) is 39.8. The summed E-state index contributed by atoms with van der Waals surface area (Å²) >= 11 is 1.24. The summed E-state index contributed by atoms with van der Waals surface area (Å²) in [5.74, 6) is -2.56. The number of nitrogens with zero attached hydrogens (tertiary/aromatic N) is 5. The Kier molecular flexibility index (Phi) is 13.5. The van der Waals surface area contributed by atoms with Crippen LogP contribution < -0.4 is 21.3 Å². The van der Waals surface area contributed by atoms with Gasteiger partial charge in [0, 0.05) is 44.5 Å². The Morgan fingerprint density at radius 1 is 0.891 bits per heavy atom. The average Bonchev–Trinajstić information content (AvgIpc) is 3.85. The lowest BCUT2D eigenvalue weighted by atomic mass is 10.0. The third kappa shape index (κ3) is 10.6. The Morgan fingerprint density at radius 2 is 1.64 bits per heavy atom. The maximum absolute atomic E-state index is 14.1. The van der Waals surface area contributed by atoms with Crippen LogP contribution in [-0.4, -0.2) is 98.9 Å². The van der Waals surface area contributed by atoms with Gasteiger partial charge in [-0.25, -0.2) is 9.67 Å². The van der Waals surface area contributed by atoms with Crippen molar-refractivity contribution in [1.29, 1.82) is 0 Å². The quantitative estimate of drug-likeness (QED) is 0.232. The van der Waals surface area contributed by atoms with Crippen LogP contribution in [-0.2, 0) is 32.1 Å². The largest absolute Gasteiger partial charge is 0.345 e. The number of carbonyl (C=O) groups is 5. The smallest absolute Gasteiger partial charge is 0.271 e. The predicted octanol–water partition coefficient (Wildman–Crippen LogP) is 3.08. The number of hydrogen-bond acceptors (Lipinski definition) is 9. The predicted molar refractivity (Wildman–Crippen MR) is 210 cm³/mol. The minimum absolute atomic E-state index is 0.00870. The molecule has 4 aromatic rings. The first-order valence-electron chi connectivity index (χ1n) is 18.5. The number of aromatic nitrogens is 3. The van der Waals surface area contributed by atoms with Gasteiger partial charge < -0.3 is 26.2 Å². The van der Waals surface area contributed by atoms with Crippen molar-refractivity contribution in [3.63, 3.8) is 0 Å². The minimum Gasteiger partial charge on any atom is -0.345 e. The molecule has 1 aliphatic heterocycles. The highest BCUT2D eigenvalue weighted by atomic mass is 32.1. The molecule has 5 rings (SSSR count). The molecular weight excluding hydrogens is 719 g/mol. The maximum Gasteiger partial charge on any atom is 0.271 e. The second-order valence-electron chi connectivity index (χ2n) is 14.5. The van der Waals surface area contributed by atoms with Gasteiger partial charge in [0.1, 0.15) is 28.8 Å². The Morgan fingerprint density at radius 3 is 2.33 bits per heavy atom. The van der Waals surface area contributed by atoms with Gasteiger partial charge in [0.05, 0.1) is 18.3 Å². The van der Waals surface area contributed by atoms with Crippen molar-refractivity contribution >= 4 is 40.9 Å². The molecule has 4 atom stereocenters. The number of thiazole rings is 1. The number of fused-ring (bicyclic) bond motifs is 2. The molecule has 15 heteroatoms. The van der Waals surface area contributed by atoms with Gasteiger partial charge in [-0.3, -0.25) is 28.9 Å². The van der Waals surface area contributed by atoms with Gasteiger partial charge in [-0.05, 0) is 62.8 Å². The van der Waals surface area contributed by atoms with E-state index in [9.17, 15) is 24.0 Å². The zero-order valence-electron chi connectivity index (χ0n) is 32.5. The summed E-state index contributed by atoms with van der Waals surface area (Å²) in [4.78, 5) is 75.8. The van der Waals surface area contributed by atoms with E-state index in [0.717, 1.165) is 27.9 Å². The molecule has 55 heavy (non-hydrogen) atoms. The molecule has 3 heterocycles. The molecular formula is C40H51N9O5S. The maximum atomic E-state index is 14.1. The van der Waals surface area contributed by atoms with E-state index in [4.69, 9.17) is 0 Å². The first kappa shape index (κ1) is 40.8. The molecule has 2 bridgehead atoms. The van der Waals surface area contributed by atoms with Crippen LogP contribution in [0.1, 0.15) is 71.5 Å². The molecule has 2 aromatic heterocycles. The second-order valence-corrected chi connectivity index (χ2v) is 15.4. The van der Waals surface area contributed by atoms with E-state index in [0.29, 0.717) is 24.5 Å². The fraction of sp³-hybridized carbons (Fsp3) is 0.425. The van der Waals surface area contributed by atoms with Crippen molar-refractivity contribution in [2.24, 2.45) is 5.92 Å². The molecule has 0 radical (unpaired) electrons. The summed E-state index contributed by atoms with van der Waals surface area (Å²) in [5.41, 5.74) is 5.04. The summed E-state index contributed by atoms with van der Waals surface area (Å²) in [6.45, 7) is 11.7. The van der Waals surface area contributed by atoms with Gasteiger partial charge in [0.2, 0.25) is 23.6 Å². The third-order valence-electron chi connectivity index (χ3n) is 9.53. The van der Waals surface area contributed by atoms with Crippen LogP contribution in [0.15, 0.2) is 66.3 Å². The highest BCUT2D eigenvalue weighted by Gasteiger charge is 2.31. The lowest BCUT2D eigenvalue weighted by Gasteiger charge is -2.29. The summed E-state index contributed by atoms with van der Waals surface area (Å²) in [5, 5.41) is 18.0. The molecule has 5 amide bonds. The Bertz CT molecular complexity index is 1980. The molecule has 0 spiro atoms. The highest BCUT2D eigenvalue weighted by Crippen LogP contribution is 2.25. The number of carbonyl (C=O) groups excluding carboxylic acids is 5. The van der Waals surface area contributed by atoms with Crippen LogP contribution in [0.5, 0.6) is 0 Å². The normalized spacial score (nSPS) is 21.4. The number of benzene rings is 2. The van der Waals surface area contributed by atoms with E-state index in [2.05, 4.69) is 43.5 Å². The van der Waals surface area contributed by atoms with Crippen molar-refractivity contribution in [2.75, 3.05) is 26.7 Å². The summed E-state index contributed by atoms with van der Waals surface area (Å²) in [6, 6.07) is 12.3. The van der Waals surface area contributed by atoms with Gasteiger partial charge in [-0.2, -0.15) is 5.10 Å². The molecule has 2 aromatic carbocycles.